The second kappa shape index (κ2) is 6.09. The van der Waals surface area contributed by atoms with E-state index in [4.69, 9.17) is 5.73 Å². The number of aryl methyl sites for hydroxylation is 1. The van der Waals surface area contributed by atoms with Crippen molar-refractivity contribution in [2.45, 2.75) is 26.8 Å². The summed E-state index contributed by atoms with van der Waals surface area (Å²) >= 11 is 1.57. The van der Waals surface area contributed by atoms with E-state index in [0.717, 1.165) is 15.2 Å². The Morgan fingerprint density at radius 1 is 1.33 bits per heavy atom. The Morgan fingerprint density at radius 2 is 2.05 bits per heavy atom. The van der Waals surface area contributed by atoms with Gasteiger partial charge in [0.2, 0.25) is 5.91 Å². The molecule has 6 nitrogen and oxygen atoms in total. The number of hydrogen-bond acceptors (Lipinski definition) is 4. The van der Waals surface area contributed by atoms with Gasteiger partial charge in [-0.25, -0.2) is 9.78 Å². The van der Waals surface area contributed by atoms with Crippen LogP contribution in [0, 0.1) is 12.8 Å². The van der Waals surface area contributed by atoms with Crippen molar-refractivity contribution >= 4 is 39.2 Å². The summed E-state index contributed by atoms with van der Waals surface area (Å²) < 4.78 is 1.01. The molecule has 7 heteroatoms. The Balaban J connectivity index is 2.17. The third-order valence-corrected chi connectivity index (χ3v) is 3.94. The summed E-state index contributed by atoms with van der Waals surface area (Å²) in [4.78, 5) is 27.6. The van der Waals surface area contributed by atoms with Crippen molar-refractivity contribution in [3.8, 4) is 0 Å². The fraction of sp³-hybridized carbons (Fsp3) is 0.357. The van der Waals surface area contributed by atoms with Crippen LogP contribution in [0.3, 0.4) is 0 Å². The zero-order valence-electron chi connectivity index (χ0n) is 12.1. The van der Waals surface area contributed by atoms with Crippen molar-refractivity contribution in [3.05, 3.63) is 23.2 Å². The van der Waals surface area contributed by atoms with Gasteiger partial charge < -0.3 is 16.4 Å². The Hall–Kier alpha value is -2.15. The van der Waals surface area contributed by atoms with Crippen molar-refractivity contribution in [3.63, 3.8) is 0 Å². The number of rotatable bonds is 4. The topological polar surface area (TPSA) is 97.1 Å². The van der Waals surface area contributed by atoms with Gasteiger partial charge in [0.05, 0.1) is 15.2 Å². The van der Waals surface area contributed by atoms with Gasteiger partial charge in [0.1, 0.15) is 6.04 Å². The van der Waals surface area contributed by atoms with Gasteiger partial charge in [0, 0.05) is 5.69 Å². The molecule has 0 fully saturated rings. The normalized spacial score (nSPS) is 12.4. The molecule has 4 N–H and O–H groups in total. The van der Waals surface area contributed by atoms with Crippen molar-refractivity contribution < 1.29 is 9.59 Å². The smallest absolute Gasteiger partial charge is 0.312 e. The first-order valence-electron chi connectivity index (χ1n) is 6.61. The van der Waals surface area contributed by atoms with E-state index in [2.05, 4.69) is 15.6 Å². The van der Waals surface area contributed by atoms with Crippen LogP contribution >= 0.6 is 11.3 Å². The van der Waals surface area contributed by atoms with Gasteiger partial charge in [-0.2, -0.15) is 0 Å². The number of urea groups is 1. The van der Waals surface area contributed by atoms with Crippen LogP contribution in [0.15, 0.2) is 18.2 Å². The van der Waals surface area contributed by atoms with E-state index in [1.165, 1.54) is 0 Å². The number of carbonyl (C=O) groups is 2. The number of nitrogens with one attached hydrogen (secondary N) is 2. The second-order valence-corrected chi connectivity index (χ2v) is 6.37. The first-order valence-corrected chi connectivity index (χ1v) is 7.42. The summed E-state index contributed by atoms with van der Waals surface area (Å²) in [7, 11) is 0. The molecule has 1 aromatic carbocycles. The molecular weight excluding hydrogens is 288 g/mol. The predicted molar refractivity (Wildman–Crippen MR) is 84.3 cm³/mol. The molecule has 21 heavy (non-hydrogen) atoms. The third kappa shape index (κ3) is 3.69. The fourth-order valence-corrected chi connectivity index (χ4v) is 2.89. The molecule has 2 rings (SSSR count). The molecule has 0 radical (unpaired) electrons. The molecule has 2 aromatic rings. The number of aromatic nitrogens is 1. The highest BCUT2D eigenvalue weighted by molar-refractivity contribution is 7.18. The maximum atomic E-state index is 12.2. The van der Waals surface area contributed by atoms with Crippen LogP contribution in [0.4, 0.5) is 10.5 Å². The zero-order valence-corrected chi connectivity index (χ0v) is 13.0. The summed E-state index contributed by atoms with van der Waals surface area (Å²) in [6, 6.07) is 4.15. The molecule has 0 bridgehead atoms. The van der Waals surface area contributed by atoms with Crippen LogP contribution in [-0.4, -0.2) is 23.0 Å². The van der Waals surface area contributed by atoms with E-state index in [1.807, 2.05) is 32.9 Å². The third-order valence-electron chi connectivity index (χ3n) is 3.01. The van der Waals surface area contributed by atoms with Crippen LogP contribution in [0.2, 0.25) is 0 Å². The van der Waals surface area contributed by atoms with Gasteiger partial charge in [0.15, 0.2) is 0 Å². The molecule has 0 saturated heterocycles. The summed E-state index contributed by atoms with van der Waals surface area (Å²) in [6.45, 7) is 5.63. The van der Waals surface area contributed by atoms with Crippen LogP contribution in [-0.2, 0) is 4.79 Å². The number of hydrogen-bond donors (Lipinski definition) is 3. The number of nitrogens with two attached hydrogens (primary N) is 1. The fourth-order valence-electron chi connectivity index (χ4n) is 2.03. The van der Waals surface area contributed by atoms with Crippen LogP contribution in [0.5, 0.6) is 0 Å². The highest BCUT2D eigenvalue weighted by Gasteiger charge is 2.23. The van der Waals surface area contributed by atoms with Crippen molar-refractivity contribution in [2.75, 3.05) is 5.32 Å². The minimum absolute atomic E-state index is 0.0631. The Bertz CT molecular complexity index is 681. The van der Waals surface area contributed by atoms with Gasteiger partial charge in [-0.15, -0.1) is 11.3 Å². The molecule has 1 aromatic heterocycles. The molecular formula is C14H18N4O2S. The van der Waals surface area contributed by atoms with E-state index < -0.39 is 12.1 Å². The summed E-state index contributed by atoms with van der Waals surface area (Å²) in [5.41, 5.74) is 6.69. The average Bonchev–Trinajstić information content (AvgIpc) is 2.74. The number of thiazole rings is 1. The molecule has 112 valence electrons. The first-order chi connectivity index (χ1) is 9.86. The average molecular weight is 306 g/mol. The number of fused-ring (bicyclic) bond motifs is 1. The lowest BCUT2D eigenvalue weighted by Crippen LogP contribution is -2.49. The SMILES string of the molecule is Cc1nc2ccc(NC(=O)C(NC(N)=O)C(C)C)cc2s1. The van der Waals surface area contributed by atoms with E-state index in [9.17, 15) is 9.59 Å². The number of amides is 3. The summed E-state index contributed by atoms with van der Waals surface area (Å²) in [5, 5.41) is 6.23. The Morgan fingerprint density at radius 3 is 2.67 bits per heavy atom. The maximum Gasteiger partial charge on any atom is 0.312 e. The molecule has 0 aliphatic rings. The Kier molecular flexibility index (Phi) is 4.42. The first kappa shape index (κ1) is 15.2. The van der Waals surface area contributed by atoms with Crippen molar-refractivity contribution in [1.29, 1.82) is 0 Å². The number of carbonyl (C=O) groups excluding carboxylic acids is 2. The molecule has 1 unspecified atom stereocenters. The number of primary amides is 1. The molecule has 0 aliphatic carbocycles. The van der Waals surface area contributed by atoms with Gasteiger partial charge in [-0.3, -0.25) is 4.79 Å². The van der Waals surface area contributed by atoms with Crippen LogP contribution in [0.1, 0.15) is 18.9 Å². The lowest BCUT2D eigenvalue weighted by Gasteiger charge is -2.20. The molecule has 1 atom stereocenters. The minimum atomic E-state index is -0.711. The predicted octanol–water partition coefficient (Wildman–Crippen LogP) is 2.24. The van der Waals surface area contributed by atoms with Crippen LogP contribution < -0.4 is 16.4 Å². The lowest BCUT2D eigenvalue weighted by atomic mass is 10.0. The molecule has 0 spiro atoms. The molecule has 3 amide bonds. The van der Waals surface area contributed by atoms with E-state index in [-0.39, 0.29) is 11.8 Å². The lowest BCUT2D eigenvalue weighted by molar-refractivity contribution is -0.118. The standard InChI is InChI=1S/C14H18N4O2S/c1-7(2)12(18-14(15)20)13(19)17-9-4-5-10-11(6-9)21-8(3)16-10/h4-7,12H,1-3H3,(H,17,19)(H3,15,18,20). The highest BCUT2D eigenvalue weighted by atomic mass is 32.1. The van der Waals surface area contributed by atoms with E-state index in [1.54, 1.807) is 17.4 Å². The van der Waals surface area contributed by atoms with E-state index >= 15 is 0 Å². The Labute approximate surface area is 126 Å². The molecule has 0 aliphatic heterocycles. The quantitative estimate of drug-likeness (QED) is 0.808. The highest BCUT2D eigenvalue weighted by Crippen LogP contribution is 2.24. The number of nitrogens with zero attached hydrogens (tertiary/aromatic N) is 1. The maximum absolute atomic E-state index is 12.2. The van der Waals surface area contributed by atoms with Crippen molar-refractivity contribution in [1.82, 2.24) is 10.3 Å². The van der Waals surface area contributed by atoms with E-state index in [0.29, 0.717) is 5.69 Å². The summed E-state index contributed by atoms with van der Waals surface area (Å²) in [6.07, 6.45) is 0. The number of anilines is 1. The van der Waals surface area contributed by atoms with Gasteiger partial charge in [-0.1, -0.05) is 13.8 Å². The largest absolute Gasteiger partial charge is 0.352 e. The van der Waals surface area contributed by atoms with Gasteiger partial charge in [-0.05, 0) is 31.0 Å². The minimum Gasteiger partial charge on any atom is -0.352 e. The zero-order chi connectivity index (χ0) is 15.6. The van der Waals surface area contributed by atoms with Gasteiger partial charge in [0.25, 0.3) is 0 Å². The molecule has 0 saturated carbocycles. The van der Waals surface area contributed by atoms with Crippen LogP contribution in [0.25, 0.3) is 10.2 Å². The van der Waals surface area contributed by atoms with Crippen molar-refractivity contribution in [2.24, 2.45) is 11.7 Å². The monoisotopic (exact) mass is 306 g/mol. The number of benzene rings is 1. The summed E-state index contributed by atoms with van der Waals surface area (Å²) in [5.74, 6) is -0.351. The van der Waals surface area contributed by atoms with Gasteiger partial charge >= 0.3 is 6.03 Å². The molecule has 1 heterocycles. The second-order valence-electron chi connectivity index (χ2n) is 5.13.